The molecule has 383 valence electrons. The quantitative estimate of drug-likeness (QED) is 0.141. The van der Waals surface area contributed by atoms with Gasteiger partial charge in [-0.15, -0.1) is 0 Å². The average Bonchev–Trinajstić information content (AvgIpc) is 3.11. The van der Waals surface area contributed by atoms with Crippen LogP contribution in [0.3, 0.4) is 0 Å². The molecule has 4 aromatic rings. The summed E-state index contributed by atoms with van der Waals surface area (Å²) in [6.45, 7) is 54.7. The van der Waals surface area contributed by atoms with Gasteiger partial charge in [-0.2, -0.15) is 0 Å². The summed E-state index contributed by atoms with van der Waals surface area (Å²) < 4.78 is 0. The van der Waals surface area contributed by atoms with Gasteiger partial charge >= 0.3 is 0 Å². The molecule has 0 aliphatic carbocycles. The normalized spacial score (nSPS) is 13.4. The molecule has 1 radical (unpaired) electrons. The molecule has 0 bridgehead atoms. The topological polar surface area (TPSA) is 87.4 Å². The van der Waals surface area contributed by atoms with Crippen molar-refractivity contribution in [3.05, 3.63) is 115 Å². The van der Waals surface area contributed by atoms with Crippen molar-refractivity contribution in [3.63, 3.8) is 0 Å². The van der Waals surface area contributed by atoms with E-state index in [2.05, 4.69) is 239 Å². The van der Waals surface area contributed by atoms with E-state index in [0.717, 1.165) is 44.5 Å². The smallest absolute Gasteiger partial charge is 0.123 e. The summed E-state index contributed by atoms with van der Waals surface area (Å²) in [5, 5.41) is 44.8. The first-order chi connectivity index (χ1) is 30.2. The zero-order valence-corrected chi connectivity index (χ0v) is 51.5. The van der Waals surface area contributed by atoms with Gasteiger partial charge in [0.1, 0.15) is 23.0 Å². The minimum Gasteiger partial charge on any atom is -0.507 e. The molecule has 0 heterocycles. The van der Waals surface area contributed by atoms with Gasteiger partial charge in [0.25, 0.3) is 0 Å². The fourth-order valence-corrected chi connectivity index (χ4v) is 8.55. The Morgan fingerprint density at radius 3 is 0.536 bits per heavy atom. The van der Waals surface area contributed by atoms with Crippen molar-refractivity contribution in [2.24, 2.45) is 0 Å². The Bertz CT molecular complexity index is 2050. The molecule has 4 aromatic carbocycles. The molecule has 0 aromatic heterocycles. The van der Waals surface area contributed by atoms with Crippen LogP contribution in [-0.4, -0.2) is 44.3 Å². The first-order valence-corrected chi connectivity index (χ1v) is 25.1. The van der Waals surface area contributed by atoms with Gasteiger partial charge < -0.3 is 20.4 Å². The minimum absolute atomic E-state index is 0. The number of hydrogen-bond acceptors (Lipinski definition) is 6. The van der Waals surface area contributed by atoms with Crippen LogP contribution in [0.15, 0.2) is 48.5 Å². The van der Waals surface area contributed by atoms with Gasteiger partial charge in [-0.3, -0.25) is 9.80 Å². The molecule has 4 rings (SSSR count). The summed E-state index contributed by atoms with van der Waals surface area (Å²) in [4.78, 5) is 4.36. The Hall–Kier alpha value is -2.90. The maximum Gasteiger partial charge on any atom is 0.123 e. The fraction of sp³-hybridized carbons (Fsp3) is 0.613. The SMILES string of the molecule is CN(Cc1cc(C(C)(C)C)cc(C(C)(C)C)c1O)Cc1cc(C(C)(C)C)cc(C(C)(C)C)c1O.CN(Cc1cc(C(C)(C)C)cc(C(C)(C)C)c1O)Cc1cc(C(C)(C)C)cc(C(C)(C)C)c1O.[Y]. The van der Waals surface area contributed by atoms with Crippen LogP contribution >= 0.6 is 0 Å². The first-order valence-electron chi connectivity index (χ1n) is 25.1. The summed E-state index contributed by atoms with van der Waals surface area (Å²) in [5.41, 5.74) is 11.9. The number of hydrogen-bond donors (Lipinski definition) is 4. The van der Waals surface area contributed by atoms with Crippen LogP contribution in [-0.2, 0) is 102 Å². The maximum atomic E-state index is 11.2. The van der Waals surface area contributed by atoms with Crippen LogP contribution in [0.2, 0.25) is 0 Å². The monoisotopic (exact) mass is 1020 g/mol. The number of rotatable bonds is 8. The molecule has 0 saturated carbocycles. The Balaban J connectivity index is 0.000000467. The van der Waals surface area contributed by atoms with Gasteiger partial charge in [0.15, 0.2) is 0 Å². The van der Waals surface area contributed by atoms with Crippen LogP contribution < -0.4 is 0 Å². The molecule has 0 amide bonds. The van der Waals surface area contributed by atoms with Crippen molar-refractivity contribution in [1.29, 1.82) is 0 Å². The van der Waals surface area contributed by atoms with Crippen molar-refractivity contribution in [2.45, 2.75) is 236 Å². The van der Waals surface area contributed by atoms with E-state index >= 15 is 0 Å². The number of nitrogens with zero attached hydrogens (tertiary/aromatic N) is 2. The molecule has 0 aliphatic heterocycles. The van der Waals surface area contributed by atoms with Crippen molar-refractivity contribution >= 4 is 0 Å². The largest absolute Gasteiger partial charge is 0.507 e. The van der Waals surface area contributed by atoms with Gasteiger partial charge in [0.2, 0.25) is 0 Å². The molecule has 0 atom stereocenters. The second-order valence-electron chi connectivity index (χ2n) is 28.5. The van der Waals surface area contributed by atoms with E-state index in [9.17, 15) is 20.4 Å². The van der Waals surface area contributed by atoms with E-state index in [1.807, 2.05) is 0 Å². The average molecular weight is 1020 g/mol. The van der Waals surface area contributed by atoms with Crippen molar-refractivity contribution in [3.8, 4) is 23.0 Å². The van der Waals surface area contributed by atoms with E-state index in [1.54, 1.807) is 0 Å². The first kappa shape index (κ1) is 62.2. The van der Waals surface area contributed by atoms with E-state index in [1.165, 1.54) is 22.3 Å². The predicted molar refractivity (Wildman–Crippen MR) is 292 cm³/mol. The third-order valence-electron chi connectivity index (χ3n) is 13.2. The van der Waals surface area contributed by atoms with Gasteiger partial charge in [-0.1, -0.05) is 215 Å². The second kappa shape index (κ2) is 21.7. The second-order valence-corrected chi connectivity index (χ2v) is 28.5. The summed E-state index contributed by atoms with van der Waals surface area (Å²) in [7, 11) is 4.11. The van der Waals surface area contributed by atoms with E-state index in [-0.39, 0.29) is 76.0 Å². The Kier molecular flexibility index (Phi) is 19.5. The molecular formula is C62H98N2O4Y. The minimum atomic E-state index is -0.153. The zero-order valence-electron chi connectivity index (χ0n) is 48.7. The Morgan fingerprint density at radius 1 is 0.275 bits per heavy atom. The molecule has 0 aliphatic rings. The Morgan fingerprint density at radius 2 is 0.420 bits per heavy atom. The van der Waals surface area contributed by atoms with Gasteiger partial charge in [-0.25, -0.2) is 0 Å². The van der Waals surface area contributed by atoms with Gasteiger partial charge in [0.05, 0.1) is 0 Å². The van der Waals surface area contributed by atoms with Crippen LogP contribution in [0.5, 0.6) is 23.0 Å². The van der Waals surface area contributed by atoms with E-state index < -0.39 is 0 Å². The van der Waals surface area contributed by atoms with Crippen LogP contribution in [0, 0.1) is 0 Å². The molecule has 0 spiro atoms. The standard InChI is InChI=1S/2C31H49NO2.Y/c2*1-28(2,3)22-14-20(26(33)24(16-22)30(7,8)9)18-32(13)19-21-15-23(29(4,5)6)17-25(27(21)34)31(10,11)12;/h2*14-17,33-34H,18-19H2,1-13H3;. The van der Waals surface area contributed by atoms with Crippen molar-refractivity contribution in [1.82, 2.24) is 9.80 Å². The molecule has 7 heteroatoms. The summed E-state index contributed by atoms with van der Waals surface area (Å²) in [6, 6.07) is 17.2. The Labute approximate surface area is 448 Å². The number of aromatic hydroxyl groups is 4. The number of benzene rings is 4. The van der Waals surface area contributed by atoms with Crippen LogP contribution in [0.1, 0.15) is 233 Å². The molecule has 0 saturated heterocycles. The zero-order chi connectivity index (χ0) is 52.9. The summed E-state index contributed by atoms with van der Waals surface area (Å²) in [6.07, 6.45) is 0. The maximum absolute atomic E-state index is 11.2. The third-order valence-corrected chi connectivity index (χ3v) is 13.2. The van der Waals surface area contributed by atoms with Crippen molar-refractivity contribution < 1.29 is 53.1 Å². The van der Waals surface area contributed by atoms with Gasteiger partial charge in [0, 0.05) is 81.1 Å². The third kappa shape index (κ3) is 16.6. The van der Waals surface area contributed by atoms with Gasteiger partial charge in [-0.05, 0) is 102 Å². The molecular weight excluding hydrogens is 926 g/mol. The number of phenols is 4. The molecule has 0 fully saturated rings. The molecule has 0 unspecified atom stereocenters. The van der Waals surface area contributed by atoms with E-state index in [4.69, 9.17) is 0 Å². The van der Waals surface area contributed by atoms with Crippen molar-refractivity contribution in [2.75, 3.05) is 14.1 Å². The number of phenolic OH excluding ortho intramolecular Hbond substituents is 4. The predicted octanol–water partition coefficient (Wildman–Crippen LogP) is 15.8. The molecule has 6 nitrogen and oxygen atoms in total. The van der Waals surface area contributed by atoms with Crippen LogP contribution in [0.25, 0.3) is 0 Å². The fourth-order valence-electron chi connectivity index (χ4n) is 8.55. The summed E-state index contributed by atoms with van der Waals surface area (Å²) in [5.74, 6) is 1.54. The van der Waals surface area contributed by atoms with Crippen LogP contribution in [0.4, 0.5) is 0 Å². The molecule has 4 N–H and O–H groups in total. The van der Waals surface area contributed by atoms with E-state index in [0.29, 0.717) is 49.2 Å². The summed E-state index contributed by atoms with van der Waals surface area (Å²) >= 11 is 0. The molecule has 69 heavy (non-hydrogen) atoms.